The number of aromatic hydroxyl groups is 1. The quantitative estimate of drug-likeness (QED) is 0.596. The zero-order valence-electron chi connectivity index (χ0n) is 11.7. The molecule has 0 unspecified atom stereocenters. The van der Waals surface area contributed by atoms with Crippen molar-refractivity contribution in [1.82, 2.24) is 0 Å². The Kier molecular flexibility index (Phi) is 6.08. The summed E-state index contributed by atoms with van der Waals surface area (Å²) in [5.41, 5.74) is 0. The van der Waals surface area contributed by atoms with Gasteiger partial charge in [-0.25, -0.2) is 0 Å². The zero-order valence-corrected chi connectivity index (χ0v) is 13.3. The molecule has 21 heavy (non-hydrogen) atoms. The normalized spacial score (nSPS) is 10.4. The molecule has 0 aromatic heterocycles. The maximum atomic E-state index is 9.32. The molecular weight excluding hydrogens is 308 g/mol. The molecule has 0 amide bonds. The van der Waals surface area contributed by atoms with E-state index in [9.17, 15) is 5.11 Å². The van der Waals surface area contributed by atoms with E-state index >= 15 is 0 Å². The third kappa shape index (κ3) is 5.06. The van der Waals surface area contributed by atoms with E-state index in [1.807, 2.05) is 24.3 Å². The Morgan fingerprint density at radius 3 is 2.48 bits per heavy atom. The zero-order chi connectivity index (χ0) is 15.1. The topological polar surface area (TPSA) is 38.7 Å². The van der Waals surface area contributed by atoms with Gasteiger partial charge in [-0.15, -0.1) is 11.8 Å². The lowest BCUT2D eigenvalue weighted by Gasteiger charge is -2.07. The van der Waals surface area contributed by atoms with Crippen molar-refractivity contribution in [2.75, 3.05) is 19.5 Å². The Labute approximate surface area is 133 Å². The lowest BCUT2D eigenvalue weighted by molar-refractivity contribution is 0.318. The number of phenols is 1. The van der Waals surface area contributed by atoms with Gasteiger partial charge in [0.15, 0.2) is 0 Å². The molecule has 112 valence electrons. The van der Waals surface area contributed by atoms with Crippen LogP contribution in [0.1, 0.15) is 6.42 Å². The monoisotopic (exact) mass is 324 g/mol. The van der Waals surface area contributed by atoms with Gasteiger partial charge in [-0.1, -0.05) is 11.6 Å². The summed E-state index contributed by atoms with van der Waals surface area (Å²) >= 11 is 7.59. The maximum Gasteiger partial charge on any atom is 0.134 e. The summed E-state index contributed by atoms with van der Waals surface area (Å²) in [6.45, 7) is 0.615. The SMILES string of the molecule is COc1ccc(SCCCOc2ccc(O)c(Cl)c2)cc1. The first kappa shape index (κ1) is 15.9. The minimum Gasteiger partial charge on any atom is -0.506 e. The van der Waals surface area contributed by atoms with Crippen molar-refractivity contribution < 1.29 is 14.6 Å². The second-order valence-corrected chi connectivity index (χ2v) is 5.91. The number of benzene rings is 2. The molecule has 0 atom stereocenters. The van der Waals surface area contributed by atoms with E-state index in [0.717, 1.165) is 17.9 Å². The Hall–Kier alpha value is -1.52. The Balaban J connectivity index is 1.68. The van der Waals surface area contributed by atoms with E-state index in [0.29, 0.717) is 17.4 Å². The van der Waals surface area contributed by atoms with Crippen LogP contribution in [0.2, 0.25) is 5.02 Å². The standard InChI is InChI=1S/C16H17ClO3S/c1-19-12-3-6-14(7-4-12)21-10-2-9-20-13-5-8-16(18)15(17)11-13/h3-8,11,18H,2,9-10H2,1H3. The summed E-state index contributed by atoms with van der Waals surface area (Å²) in [5, 5.41) is 9.62. The van der Waals surface area contributed by atoms with Gasteiger partial charge >= 0.3 is 0 Å². The molecular formula is C16H17ClO3S. The van der Waals surface area contributed by atoms with Gasteiger partial charge in [0.25, 0.3) is 0 Å². The van der Waals surface area contributed by atoms with E-state index in [1.54, 1.807) is 31.0 Å². The van der Waals surface area contributed by atoms with E-state index in [-0.39, 0.29) is 5.75 Å². The predicted octanol–water partition coefficient (Wildman–Crippen LogP) is 4.62. The average molecular weight is 325 g/mol. The minimum atomic E-state index is 0.0686. The maximum absolute atomic E-state index is 9.32. The van der Waals surface area contributed by atoms with Crippen LogP contribution in [0.3, 0.4) is 0 Å². The molecule has 0 saturated carbocycles. The van der Waals surface area contributed by atoms with Crippen LogP contribution in [0.25, 0.3) is 0 Å². The number of hydrogen-bond donors (Lipinski definition) is 1. The molecule has 0 spiro atoms. The summed E-state index contributed by atoms with van der Waals surface area (Å²) in [4.78, 5) is 1.21. The van der Waals surface area contributed by atoms with Crippen LogP contribution in [0, 0.1) is 0 Å². The smallest absolute Gasteiger partial charge is 0.134 e. The number of methoxy groups -OCH3 is 1. The van der Waals surface area contributed by atoms with Crippen LogP contribution in [-0.2, 0) is 0 Å². The minimum absolute atomic E-state index is 0.0686. The summed E-state index contributed by atoms with van der Waals surface area (Å²) in [6.07, 6.45) is 0.926. The summed E-state index contributed by atoms with van der Waals surface area (Å²) in [5.74, 6) is 2.58. The highest BCUT2D eigenvalue weighted by atomic mass is 35.5. The van der Waals surface area contributed by atoms with Gasteiger partial charge in [-0.05, 0) is 42.8 Å². The number of hydrogen-bond acceptors (Lipinski definition) is 4. The molecule has 0 fully saturated rings. The van der Waals surface area contributed by atoms with Gasteiger partial charge < -0.3 is 14.6 Å². The van der Waals surface area contributed by atoms with Crippen LogP contribution in [0.15, 0.2) is 47.4 Å². The number of halogens is 1. The lowest BCUT2D eigenvalue weighted by Crippen LogP contribution is -1.98. The lowest BCUT2D eigenvalue weighted by atomic mass is 10.3. The number of rotatable bonds is 7. The van der Waals surface area contributed by atoms with E-state index in [4.69, 9.17) is 21.1 Å². The van der Waals surface area contributed by atoms with Crippen LogP contribution in [0.5, 0.6) is 17.2 Å². The summed E-state index contributed by atoms with van der Waals surface area (Å²) < 4.78 is 10.7. The first-order valence-electron chi connectivity index (χ1n) is 6.57. The van der Waals surface area contributed by atoms with Gasteiger partial charge in [0.05, 0.1) is 18.7 Å². The highest BCUT2D eigenvalue weighted by molar-refractivity contribution is 7.99. The molecule has 0 aliphatic rings. The van der Waals surface area contributed by atoms with Gasteiger partial charge in [0, 0.05) is 16.7 Å². The second-order valence-electron chi connectivity index (χ2n) is 4.34. The highest BCUT2D eigenvalue weighted by Gasteiger charge is 2.01. The average Bonchev–Trinajstić information content (AvgIpc) is 2.51. The molecule has 1 N–H and O–H groups in total. The van der Waals surface area contributed by atoms with Crippen LogP contribution < -0.4 is 9.47 Å². The number of phenolic OH excluding ortho intramolecular Hbond substituents is 1. The van der Waals surface area contributed by atoms with Crippen molar-refractivity contribution in [3.05, 3.63) is 47.5 Å². The highest BCUT2D eigenvalue weighted by Crippen LogP contribution is 2.27. The van der Waals surface area contributed by atoms with Crippen LogP contribution >= 0.6 is 23.4 Å². The molecule has 0 saturated heterocycles. The van der Waals surface area contributed by atoms with E-state index in [1.165, 1.54) is 11.0 Å². The third-order valence-corrected chi connectivity index (χ3v) is 4.21. The summed E-state index contributed by atoms with van der Waals surface area (Å²) in [7, 11) is 1.66. The van der Waals surface area contributed by atoms with E-state index in [2.05, 4.69) is 0 Å². The number of ether oxygens (including phenoxy) is 2. The first-order chi connectivity index (χ1) is 10.2. The molecule has 2 rings (SSSR count). The van der Waals surface area contributed by atoms with E-state index < -0.39 is 0 Å². The van der Waals surface area contributed by atoms with Crippen molar-refractivity contribution in [2.45, 2.75) is 11.3 Å². The Morgan fingerprint density at radius 2 is 1.81 bits per heavy atom. The van der Waals surface area contributed by atoms with Crippen molar-refractivity contribution in [2.24, 2.45) is 0 Å². The molecule has 0 aliphatic carbocycles. The molecule has 0 radical (unpaired) electrons. The molecule has 0 heterocycles. The van der Waals surface area contributed by atoms with Crippen LogP contribution in [0.4, 0.5) is 0 Å². The van der Waals surface area contributed by atoms with Gasteiger partial charge in [-0.3, -0.25) is 0 Å². The largest absolute Gasteiger partial charge is 0.506 e. The Bertz CT molecular complexity index is 572. The van der Waals surface area contributed by atoms with Gasteiger partial charge in [0.2, 0.25) is 0 Å². The Morgan fingerprint density at radius 1 is 1.10 bits per heavy atom. The van der Waals surface area contributed by atoms with Crippen molar-refractivity contribution in [1.29, 1.82) is 0 Å². The van der Waals surface area contributed by atoms with Crippen molar-refractivity contribution in [3.8, 4) is 17.2 Å². The van der Waals surface area contributed by atoms with Gasteiger partial charge in [-0.2, -0.15) is 0 Å². The van der Waals surface area contributed by atoms with Crippen molar-refractivity contribution in [3.63, 3.8) is 0 Å². The molecule has 2 aromatic carbocycles. The van der Waals surface area contributed by atoms with Crippen LogP contribution in [-0.4, -0.2) is 24.6 Å². The van der Waals surface area contributed by atoms with Crippen molar-refractivity contribution >= 4 is 23.4 Å². The molecule has 3 nitrogen and oxygen atoms in total. The molecule has 2 aromatic rings. The fourth-order valence-corrected chi connectivity index (χ4v) is 2.69. The predicted molar refractivity (Wildman–Crippen MR) is 86.9 cm³/mol. The fraction of sp³-hybridized carbons (Fsp3) is 0.250. The number of thioether (sulfide) groups is 1. The summed E-state index contributed by atoms with van der Waals surface area (Å²) in [6, 6.07) is 12.9. The second kappa shape index (κ2) is 8.05. The molecule has 0 aliphatic heterocycles. The molecule has 5 heteroatoms. The molecule has 0 bridgehead atoms. The third-order valence-electron chi connectivity index (χ3n) is 2.80. The fourth-order valence-electron chi connectivity index (χ4n) is 1.69. The van der Waals surface area contributed by atoms with Gasteiger partial charge in [0.1, 0.15) is 17.2 Å². The first-order valence-corrected chi connectivity index (χ1v) is 7.93.